The van der Waals surface area contributed by atoms with Gasteiger partial charge in [0.15, 0.2) is 6.17 Å². The number of alkyl halides is 4. The molecule has 0 fully saturated rings. The first-order chi connectivity index (χ1) is 4.09. The maximum absolute atomic E-state index is 12.1. The van der Waals surface area contributed by atoms with Crippen molar-refractivity contribution in [1.29, 1.82) is 0 Å². The van der Waals surface area contributed by atoms with E-state index in [4.69, 9.17) is 11.6 Å². The summed E-state index contributed by atoms with van der Waals surface area (Å²) >= 11 is 5.12. The van der Waals surface area contributed by atoms with Crippen molar-refractivity contribution in [3.63, 3.8) is 0 Å². The van der Waals surface area contributed by atoms with Crippen LogP contribution < -0.4 is 0 Å². The van der Waals surface area contributed by atoms with Gasteiger partial charge in [0.25, 0.3) is 6.43 Å². The number of rotatable bonds is 3. The molecule has 0 N–H and O–H groups in total. The molecule has 9 heavy (non-hydrogen) atoms. The van der Waals surface area contributed by atoms with E-state index in [1.54, 1.807) is 0 Å². The summed E-state index contributed by atoms with van der Waals surface area (Å²) < 4.78 is 34.9. The van der Waals surface area contributed by atoms with Crippen molar-refractivity contribution < 1.29 is 13.2 Å². The lowest BCUT2D eigenvalue weighted by Crippen LogP contribution is -2.22. The van der Waals surface area contributed by atoms with Gasteiger partial charge >= 0.3 is 0 Å². The average molecular weight is 161 g/mol. The van der Waals surface area contributed by atoms with Crippen LogP contribution in [0.25, 0.3) is 0 Å². The van der Waals surface area contributed by atoms with Crippen LogP contribution in [-0.2, 0) is 0 Å². The molecule has 0 saturated carbocycles. The normalized spacial score (nSPS) is 18.0. The summed E-state index contributed by atoms with van der Waals surface area (Å²) in [5.74, 6) is -0.822. The van der Waals surface area contributed by atoms with Gasteiger partial charge in [-0.2, -0.15) is 0 Å². The lowest BCUT2D eigenvalue weighted by Gasteiger charge is -2.11. The van der Waals surface area contributed by atoms with Crippen LogP contribution in [0.2, 0.25) is 0 Å². The maximum Gasteiger partial charge on any atom is 0.269 e. The molecule has 2 unspecified atom stereocenters. The van der Waals surface area contributed by atoms with E-state index < -0.39 is 18.5 Å². The standard InChI is InChI=1S/C5H8ClF3/c1-3(2-6)4(7)5(8)9/h3-5H,2H2,1H3. The monoisotopic (exact) mass is 160 g/mol. The van der Waals surface area contributed by atoms with E-state index >= 15 is 0 Å². The largest absolute Gasteiger partial charge is 0.269 e. The molecule has 0 aliphatic rings. The molecule has 0 aliphatic carbocycles. The Morgan fingerprint density at radius 1 is 1.33 bits per heavy atom. The van der Waals surface area contributed by atoms with Crippen LogP contribution >= 0.6 is 11.6 Å². The second-order valence-electron chi connectivity index (χ2n) is 1.91. The van der Waals surface area contributed by atoms with Crippen LogP contribution in [-0.4, -0.2) is 18.5 Å². The van der Waals surface area contributed by atoms with Crippen molar-refractivity contribution in [2.75, 3.05) is 5.88 Å². The summed E-state index contributed by atoms with van der Waals surface area (Å²) in [4.78, 5) is 0. The summed E-state index contributed by atoms with van der Waals surface area (Å²) in [7, 11) is 0. The topological polar surface area (TPSA) is 0 Å². The number of hydrogen-bond acceptors (Lipinski definition) is 0. The van der Waals surface area contributed by atoms with E-state index in [0.29, 0.717) is 0 Å². The van der Waals surface area contributed by atoms with Crippen molar-refractivity contribution in [3.05, 3.63) is 0 Å². The predicted octanol–water partition coefficient (Wildman–Crippen LogP) is 2.46. The minimum Gasteiger partial charge on any atom is -0.241 e. The first kappa shape index (κ1) is 9.08. The molecular formula is C5H8ClF3. The molecule has 0 radical (unpaired) electrons. The third kappa shape index (κ3) is 2.94. The molecule has 0 nitrogen and oxygen atoms in total. The third-order valence-electron chi connectivity index (χ3n) is 1.03. The van der Waals surface area contributed by atoms with Gasteiger partial charge < -0.3 is 0 Å². The average Bonchev–Trinajstić information content (AvgIpc) is 1.84. The Balaban J connectivity index is 3.58. The highest BCUT2D eigenvalue weighted by Gasteiger charge is 2.24. The molecule has 0 saturated heterocycles. The van der Waals surface area contributed by atoms with Crippen LogP contribution in [0.5, 0.6) is 0 Å². The lowest BCUT2D eigenvalue weighted by molar-refractivity contribution is 0.0258. The van der Waals surface area contributed by atoms with Gasteiger partial charge in [-0.25, -0.2) is 13.2 Å². The highest BCUT2D eigenvalue weighted by molar-refractivity contribution is 6.18. The lowest BCUT2D eigenvalue weighted by atomic mass is 10.1. The van der Waals surface area contributed by atoms with Crippen LogP contribution in [0.15, 0.2) is 0 Å². The zero-order chi connectivity index (χ0) is 7.44. The van der Waals surface area contributed by atoms with Gasteiger partial charge in [-0.15, -0.1) is 11.6 Å². The molecule has 0 amide bonds. The van der Waals surface area contributed by atoms with Crippen LogP contribution in [0, 0.1) is 5.92 Å². The van der Waals surface area contributed by atoms with Crippen LogP contribution in [0.4, 0.5) is 13.2 Å². The van der Waals surface area contributed by atoms with E-state index in [1.165, 1.54) is 6.92 Å². The van der Waals surface area contributed by atoms with Crippen molar-refractivity contribution in [1.82, 2.24) is 0 Å². The zero-order valence-electron chi connectivity index (χ0n) is 4.95. The van der Waals surface area contributed by atoms with E-state index in [-0.39, 0.29) is 5.88 Å². The Bertz CT molecular complexity index is 76.6. The molecule has 2 atom stereocenters. The Kier molecular flexibility index (Phi) is 4.02. The van der Waals surface area contributed by atoms with E-state index in [1.807, 2.05) is 0 Å². The van der Waals surface area contributed by atoms with Crippen molar-refractivity contribution in [2.45, 2.75) is 19.5 Å². The second kappa shape index (κ2) is 3.99. The van der Waals surface area contributed by atoms with Gasteiger partial charge in [-0.05, 0) is 0 Å². The zero-order valence-corrected chi connectivity index (χ0v) is 5.71. The Morgan fingerprint density at radius 3 is 1.89 bits per heavy atom. The van der Waals surface area contributed by atoms with Gasteiger partial charge in [0.2, 0.25) is 0 Å². The molecule has 0 aliphatic heterocycles. The molecule has 0 heterocycles. The fourth-order valence-corrected chi connectivity index (χ4v) is 0.504. The fourth-order valence-electron chi connectivity index (χ4n) is 0.333. The van der Waals surface area contributed by atoms with E-state index in [9.17, 15) is 13.2 Å². The number of halogens is 4. The molecule has 0 rings (SSSR count). The first-order valence-corrected chi connectivity index (χ1v) is 3.11. The molecule has 4 heteroatoms. The molecule has 0 aromatic rings. The second-order valence-corrected chi connectivity index (χ2v) is 2.22. The minimum absolute atomic E-state index is 0.0640. The molecule has 0 bridgehead atoms. The summed E-state index contributed by atoms with van der Waals surface area (Å²) in [5.41, 5.74) is 0. The van der Waals surface area contributed by atoms with Crippen molar-refractivity contribution in [3.8, 4) is 0 Å². The first-order valence-electron chi connectivity index (χ1n) is 2.57. The molecule has 0 aromatic heterocycles. The summed E-state index contributed by atoms with van der Waals surface area (Å²) in [6, 6.07) is 0. The molecule has 0 spiro atoms. The Morgan fingerprint density at radius 2 is 1.78 bits per heavy atom. The Hall–Kier alpha value is 0.0800. The van der Waals surface area contributed by atoms with E-state index in [2.05, 4.69) is 0 Å². The van der Waals surface area contributed by atoms with Gasteiger partial charge in [0.1, 0.15) is 0 Å². The summed E-state index contributed by atoms with van der Waals surface area (Å²) in [6.07, 6.45) is -4.98. The van der Waals surface area contributed by atoms with Gasteiger partial charge in [0, 0.05) is 11.8 Å². The molecular weight excluding hydrogens is 153 g/mol. The summed E-state index contributed by atoms with van der Waals surface area (Å²) in [6.45, 7) is 1.35. The highest BCUT2D eigenvalue weighted by Crippen LogP contribution is 2.16. The minimum atomic E-state index is -2.90. The third-order valence-corrected chi connectivity index (χ3v) is 1.51. The Labute approximate surface area is 57.0 Å². The van der Waals surface area contributed by atoms with Crippen LogP contribution in [0.3, 0.4) is 0 Å². The predicted molar refractivity (Wildman–Crippen MR) is 30.8 cm³/mol. The quantitative estimate of drug-likeness (QED) is 0.557. The molecule has 56 valence electrons. The van der Waals surface area contributed by atoms with Crippen molar-refractivity contribution >= 4 is 11.6 Å². The maximum atomic E-state index is 12.1. The smallest absolute Gasteiger partial charge is 0.241 e. The fraction of sp³-hybridized carbons (Fsp3) is 1.00. The number of hydrogen-bond donors (Lipinski definition) is 0. The van der Waals surface area contributed by atoms with Crippen LogP contribution in [0.1, 0.15) is 6.92 Å². The SMILES string of the molecule is CC(CCl)C(F)C(F)F. The van der Waals surface area contributed by atoms with E-state index in [0.717, 1.165) is 0 Å². The van der Waals surface area contributed by atoms with Gasteiger partial charge in [0.05, 0.1) is 0 Å². The van der Waals surface area contributed by atoms with Gasteiger partial charge in [-0.1, -0.05) is 6.92 Å². The summed E-state index contributed by atoms with van der Waals surface area (Å²) in [5, 5.41) is 0. The van der Waals surface area contributed by atoms with Gasteiger partial charge in [-0.3, -0.25) is 0 Å². The molecule has 0 aromatic carbocycles. The van der Waals surface area contributed by atoms with Crippen molar-refractivity contribution in [2.24, 2.45) is 5.92 Å². The highest BCUT2D eigenvalue weighted by atomic mass is 35.5.